The van der Waals surface area contributed by atoms with Crippen LogP contribution in [0.2, 0.25) is 0 Å². The summed E-state index contributed by atoms with van der Waals surface area (Å²) >= 11 is 5.00. The molecule has 5 heteroatoms. The molecule has 3 nitrogen and oxygen atoms in total. The first-order chi connectivity index (χ1) is 8.97. The minimum absolute atomic E-state index is 0.277. The molecule has 19 heavy (non-hydrogen) atoms. The molecular weight excluding hydrogens is 263 g/mol. The summed E-state index contributed by atoms with van der Waals surface area (Å²) in [5, 5.41) is 9.60. The van der Waals surface area contributed by atoms with E-state index in [-0.39, 0.29) is 11.9 Å². The zero-order valence-electron chi connectivity index (χ0n) is 11.0. The Balaban J connectivity index is 2.11. The SMILES string of the molecule is CC(O)C1CCN(Cc2cc(F)ccc2C(N)=S)C1. The Morgan fingerprint density at radius 2 is 2.37 bits per heavy atom. The highest BCUT2D eigenvalue weighted by atomic mass is 32.1. The van der Waals surface area contributed by atoms with Gasteiger partial charge in [-0.15, -0.1) is 0 Å². The zero-order valence-corrected chi connectivity index (χ0v) is 11.8. The minimum atomic E-state index is -0.299. The Morgan fingerprint density at radius 1 is 1.63 bits per heavy atom. The third kappa shape index (κ3) is 3.49. The molecule has 2 unspecified atom stereocenters. The van der Waals surface area contributed by atoms with Gasteiger partial charge in [-0.25, -0.2) is 4.39 Å². The summed E-state index contributed by atoms with van der Waals surface area (Å²) in [6.07, 6.45) is 0.669. The lowest BCUT2D eigenvalue weighted by atomic mass is 10.0. The first-order valence-corrected chi connectivity index (χ1v) is 6.87. The van der Waals surface area contributed by atoms with E-state index in [2.05, 4.69) is 4.90 Å². The summed E-state index contributed by atoms with van der Waals surface area (Å²) in [6, 6.07) is 4.50. The van der Waals surface area contributed by atoms with Gasteiger partial charge in [0.05, 0.1) is 6.10 Å². The van der Waals surface area contributed by atoms with Gasteiger partial charge in [0.1, 0.15) is 10.8 Å². The molecule has 2 atom stereocenters. The van der Waals surface area contributed by atoms with Crippen LogP contribution >= 0.6 is 12.2 Å². The van der Waals surface area contributed by atoms with E-state index >= 15 is 0 Å². The Morgan fingerprint density at radius 3 is 2.95 bits per heavy atom. The smallest absolute Gasteiger partial charge is 0.123 e. The van der Waals surface area contributed by atoms with Gasteiger partial charge in [0.2, 0.25) is 0 Å². The lowest BCUT2D eigenvalue weighted by molar-refractivity contribution is 0.127. The molecule has 2 rings (SSSR count). The Kier molecular flexibility index (Phi) is 4.50. The Bertz CT molecular complexity index is 479. The highest BCUT2D eigenvalue weighted by Gasteiger charge is 2.26. The lowest BCUT2D eigenvalue weighted by Gasteiger charge is -2.19. The van der Waals surface area contributed by atoms with E-state index in [4.69, 9.17) is 18.0 Å². The van der Waals surface area contributed by atoms with Crippen LogP contribution in [0.25, 0.3) is 0 Å². The largest absolute Gasteiger partial charge is 0.393 e. The summed E-state index contributed by atoms with van der Waals surface area (Å²) < 4.78 is 13.3. The minimum Gasteiger partial charge on any atom is -0.393 e. The third-order valence-corrected chi connectivity index (χ3v) is 3.94. The summed E-state index contributed by atoms with van der Waals surface area (Å²) in [6.45, 7) is 4.16. The molecular formula is C14H19FN2OS. The number of rotatable bonds is 4. The molecule has 0 aliphatic carbocycles. The highest BCUT2D eigenvalue weighted by molar-refractivity contribution is 7.80. The lowest BCUT2D eigenvalue weighted by Crippen LogP contribution is -2.25. The van der Waals surface area contributed by atoms with Gasteiger partial charge in [0, 0.05) is 18.7 Å². The number of likely N-dealkylation sites (tertiary alicyclic amines) is 1. The number of aliphatic hydroxyl groups is 1. The molecule has 1 aliphatic heterocycles. The van der Waals surface area contributed by atoms with Gasteiger partial charge >= 0.3 is 0 Å². The van der Waals surface area contributed by atoms with Crippen LogP contribution in [0.4, 0.5) is 4.39 Å². The molecule has 1 saturated heterocycles. The molecule has 1 heterocycles. The van der Waals surface area contributed by atoms with Gasteiger partial charge in [-0.2, -0.15) is 0 Å². The van der Waals surface area contributed by atoms with Gasteiger partial charge in [-0.05, 0) is 49.6 Å². The number of hydrogen-bond donors (Lipinski definition) is 2. The summed E-state index contributed by atoms with van der Waals surface area (Å²) in [7, 11) is 0. The van der Waals surface area contributed by atoms with Gasteiger partial charge in [-0.1, -0.05) is 12.2 Å². The van der Waals surface area contributed by atoms with E-state index in [1.54, 1.807) is 6.07 Å². The van der Waals surface area contributed by atoms with Crippen molar-refractivity contribution in [1.29, 1.82) is 0 Å². The molecule has 1 aromatic carbocycles. The average molecular weight is 282 g/mol. The number of halogens is 1. The number of nitrogens with two attached hydrogens (primary N) is 1. The van der Waals surface area contributed by atoms with Crippen LogP contribution in [0, 0.1) is 11.7 Å². The predicted octanol–water partition coefficient (Wildman–Crippen LogP) is 1.66. The maximum Gasteiger partial charge on any atom is 0.123 e. The van der Waals surface area contributed by atoms with Crippen molar-refractivity contribution in [3.63, 3.8) is 0 Å². The van der Waals surface area contributed by atoms with Crippen molar-refractivity contribution in [2.75, 3.05) is 13.1 Å². The van der Waals surface area contributed by atoms with Crippen molar-refractivity contribution < 1.29 is 9.50 Å². The number of hydrogen-bond acceptors (Lipinski definition) is 3. The van der Waals surface area contributed by atoms with Crippen LogP contribution in [0.1, 0.15) is 24.5 Å². The van der Waals surface area contributed by atoms with Gasteiger partial charge in [0.25, 0.3) is 0 Å². The highest BCUT2D eigenvalue weighted by Crippen LogP contribution is 2.23. The standard InChI is InChI=1S/C14H19FN2OS/c1-9(18)10-4-5-17(7-10)8-11-6-12(15)2-3-13(11)14(16)19/h2-3,6,9-10,18H,4-5,7-8H2,1H3,(H2,16,19). The summed E-state index contributed by atoms with van der Waals surface area (Å²) in [5.41, 5.74) is 7.22. The van der Waals surface area contributed by atoms with Crippen molar-refractivity contribution in [1.82, 2.24) is 4.90 Å². The molecule has 3 N–H and O–H groups in total. The Hall–Kier alpha value is -1.04. The molecule has 1 aliphatic rings. The quantitative estimate of drug-likeness (QED) is 0.825. The zero-order chi connectivity index (χ0) is 14.0. The molecule has 0 radical (unpaired) electrons. The van der Waals surface area contributed by atoms with E-state index in [1.165, 1.54) is 12.1 Å². The third-order valence-electron chi connectivity index (χ3n) is 3.72. The van der Waals surface area contributed by atoms with Crippen molar-refractivity contribution in [3.8, 4) is 0 Å². The number of thiocarbonyl (C=S) groups is 1. The number of benzene rings is 1. The topological polar surface area (TPSA) is 49.5 Å². The summed E-state index contributed by atoms with van der Waals surface area (Å²) in [5.74, 6) is 0.0168. The fourth-order valence-electron chi connectivity index (χ4n) is 2.57. The van der Waals surface area contributed by atoms with Crippen LogP contribution in [0.15, 0.2) is 18.2 Å². The van der Waals surface area contributed by atoms with Crippen LogP contribution < -0.4 is 5.73 Å². The molecule has 0 spiro atoms. The van der Waals surface area contributed by atoms with E-state index in [1.807, 2.05) is 6.92 Å². The van der Waals surface area contributed by atoms with Crippen LogP contribution in [0.3, 0.4) is 0 Å². The monoisotopic (exact) mass is 282 g/mol. The predicted molar refractivity (Wildman–Crippen MR) is 77.4 cm³/mol. The van der Waals surface area contributed by atoms with Crippen molar-refractivity contribution >= 4 is 17.2 Å². The van der Waals surface area contributed by atoms with Gasteiger partial charge in [-0.3, -0.25) is 4.90 Å². The number of aliphatic hydroxyl groups excluding tert-OH is 1. The number of nitrogens with zero attached hydrogens (tertiary/aromatic N) is 1. The Labute approximate surface area is 118 Å². The fourth-order valence-corrected chi connectivity index (χ4v) is 2.77. The molecule has 104 valence electrons. The second-order valence-corrected chi connectivity index (χ2v) is 5.63. The van der Waals surface area contributed by atoms with E-state index in [0.29, 0.717) is 17.5 Å². The maximum absolute atomic E-state index is 13.3. The van der Waals surface area contributed by atoms with Crippen LogP contribution in [0.5, 0.6) is 0 Å². The van der Waals surface area contributed by atoms with Crippen molar-refractivity contribution in [3.05, 3.63) is 35.1 Å². The van der Waals surface area contributed by atoms with Crippen LogP contribution in [-0.2, 0) is 6.54 Å². The second-order valence-electron chi connectivity index (χ2n) is 5.19. The van der Waals surface area contributed by atoms with E-state index in [9.17, 15) is 9.50 Å². The first kappa shape index (κ1) is 14.4. The first-order valence-electron chi connectivity index (χ1n) is 6.46. The van der Waals surface area contributed by atoms with Gasteiger partial charge < -0.3 is 10.8 Å². The molecule has 1 fully saturated rings. The maximum atomic E-state index is 13.3. The molecule has 1 aromatic rings. The molecule has 0 aromatic heterocycles. The fraction of sp³-hybridized carbons (Fsp3) is 0.500. The van der Waals surface area contributed by atoms with Crippen molar-refractivity contribution in [2.24, 2.45) is 11.7 Å². The molecule has 0 bridgehead atoms. The molecule has 0 amide bonds. The van der Waals surface area contributed by atoms with Crippen molar-refractivity contribution in [2.45, 2.75) is 26.0 Å². The summed E-state index contributed by atoms with van der Waals surface area (Å²) in [4.78, 5) is 2.50. The van der Waals surface area contributed by atoms with Gasteiger partial charge in [0.15, 0.2) is 0 Å². The van der Waals surface area contributed by atoms with E-state index < -0.39 is 0 Å². The normalized spacial score (nSPS) is 21.5. The second kappa shape index (κ2) is 5.94. The average Bonchev–Trinajstić information content (AvgIpc) is 2.77. The molecule has 0 saturated carbocycles. The van der Waals surface area contributed by atoms with E-state index in [0.717, 1.165) is 30.6 Å². The van der Waals surface area contributed by atoms with Crippen LogP contribution in [-0.4, -0.2) is 34.2 Å².